The molecule has 0 saturated carbocycles. The van der Waals surface area contributed by atoms with E-state index in [2.05, 4.69) is 39.0 Å². The second-order valence-corrected chi connectivity index (χ2v) is 6.49. The van der Waals surface area contributed by atoms with Crippen LogP contribution in [0.25, 0.3) is 5.57 Å². The van der Waals surface area contributed by atoms with Crippen molar-refractivity contribution in [3.63, 3.8) is 0 Å². The number of carbonyl (C=O) groups is 1. The Hall–Kier alpha value is -1.37. The zero-order valence-corrected chi connectivity index (χ0v) is 11.6. The maximum atomic E-state index is 11.5. The minimum Gasteiger partial charge on any atom is -0.295 e. The standard InChI is InChI=1S/C17H20O/c1-10-7-13-14-8-12(11(2)18)5-6-16(14)17(3,4)9-15(10)13/h5-8,10,15H,9H2,1-4H3. The Morgan fingerprint density at radius 1 is 1.33 bits per heavy atom. The molecule has 2 unspecified atom stereocenters. The first-order valence-electron chi connectivity index (χ1n) is 6.78. The van der Waals surface area contributed by atoms with Gasteiger partial charge in [0, 0.05) is 5.56 Å². The first kappa shape index (κ1) is 11.7. The summed E-state index contributed by atoms with van der Waals surface area (Å²) in [6.07, 6.45) is 3.59. The van der Waals surface area contributed by atoms with E-state index in [1.165, 1.54) is 23.1 Å². The topological polar surface area (TPSA) is 17.1 Å². The second-order valence-electron chi connectivity index (χ2n) is 6.49. The van der Waals surface area contributed by atoms with Crippen LogP contribution < -0.4 is 0 Å². The average molecular weight is 240 g/mol. The van der Waals surface area contributed by atoms with Crippen LogP contribution in [0.15, 0.2) is 24.3 Å². The van der Waals surface area contributed by atoms with Gasteiger partial charge in [0.25, 0.3) is 0 Å². The third kappa shape index (κ3) is 1.50. The Morgan fingerprint density at radius 3 is 2.67 bits per heavy atom. The van der Waals surface area contributed by atoms with Gasteiger partial charge in [0.05, 0.1) is 0 Å². The smallest absolute Gasteiger partial charge is 0.159 e. The minimum atomic E-state index is 0.158. The molecule has 3 rings (SSSR count). The number of hydrogen-bond acceptors (Lipinski definition) is 1. The Kier molecular flexibility index (Phi) is 2.32. The fraction of sp³-hybridized carbons (Fsp3) is 0.471. The number of rotatable bonds is 1. The van der Waals surface area contributed by atoms with E-state index in [4.69, 9.17) is 0 Å². The summed E-state index contributed by atoms with van der Waals surface area (Å²) in [4.78, 5) is 11.5. The van der Waals surface area contributed by atoms with Gasteiger partial charge in [-0.25, -0.2) is 0 Å². The van der Waals surface area contributed by atoms with Crippen molar-refractivity contribution in [1.29, 1.82) is 0 Å². The summed E-state index contributed by atoms with van der Waals surface area (Å²) in [6, 6.07) is 6.24. The van der Waals surface area contributed by atoms with Gasteiger partial charge in [-0.3, -0.25) is 4.79 Å². The van der Waals surface area contributed by atoms with Gasteiger partial charge in [-0.1, -0.05) is 39.0 Å². The highest BCUT2D eigenvalue weighted by atomic mass is 16.1. The van der Waals surface area contributed by atoms with Crippen LogP contribution in [0, 0.1) is 11.8 Å². The van der Waals surface area contributed by atoms with Crippen molar-refractivity contribution in [2.45, 2.75) is 39.5 Å². The van der Waals surface area contributed by atoms with E-state index in [1.807, 2.05) is 6.07 Å². The van der Waals surface area contributed by atoms with Crippen LogP contribution in [0.2, 0.25) is 0 Å². The van der Waals surface area contributed by atoms with E-state index in [9.17, 15) is 4.79 Å². The van der Waals surface area contributed by atoms with Gasteiger partial charge in [-0.05, 0) is 53.4 Å². The van der Waals surface area contributed by atoms with Crippen LogP contribution in [-0.4, -0.2) is 5.78 Å². The van der Waals surface area contributed by atoms with Gasteiger partial charge in [-0.15, -0.1) is 0 Å². The zero-order chi connectivity index (χ0) is 13.1. The summed E-state index contributed by atoms with van der Waals surface area (Å²) in [5, 5.41) is 0. The fourth-order valence-corrected chi connectivity index (χ4v) is 3.52. The van der Waals surface area contributed by atoms with Gasteiger partial charge in [-0.2, -0.15) is 0 Å². The van der Waals surface area contributed by atoms with Gasteiger partial charge in [0.1, 0.15) is 0 Å². The number of fused-ring (bicyclic) bond motifs is 3. The van der Waals surface area contributed by atoms with E-state index in [0.29, 0.717) is 11.8 Å². The summed E-state index contributed by atoms with van der Waals surface area (Å²) < 4.78 is 0. The predicted octanol–water partition coefficient (Wildman–Crippen LogP) is 4.22. The molecule has 0 N–H and O–H groups in total. The van der Waals surface area contributed by atoms with Gasteiger partial charge in [0.2, 0.25) is 0 Å². The molecule has 0 radical (unpaired) electrons. The van der Waals surface area contributed by atoms with E-state index in [-0.39, 0.29) is 11.2 Å². The molecule has 1 aromatic rings. The Labute approximate surface area is 109 Å². The fourth-order valence-electron chi connectivity index (χ4n) is 3.52. The number of allylic oxidation sites excluding steroid dienone is 2. The van der Waals surface area contributed by atoms with Gasteiger partial charge >= 0.3 is 0 Å². The maximum absolute atomic E-state index is 11.5. The summed E-state index contributed by atoms with van der Waals surface area (Å²) in [7, 11) is 0. The molecule has 0 saturated heterocycles. The number of carbonyl (C=O) groups excluding carboxylic acids is 1. The maximum Gasteiger partial charge on any atom is 0.159 e. The van der Waals surface area contributed by atoms with Crippen molar-refractivity contribution in [3.05, 3.63) is 41.0 Å². The summed E-state index contributed by atoms with van der Waals surface area (Å²) >= 11 is 0. The summed E-state index contributed by atoms with van der Waals surface area (Å²) in [5.41, 5.74) is 5.26. The van der Waals surface area contributed by atoms with Crippen molar-refractivity contribution in [2.75, 3.05) is 0 Å². The molecular formula is C17H20O. The molecule has 0 spiro atoms. The molecule has 0 fully saturated rings. The van der Waals surface area contributed by atoms with Crippen LogP contribution in [0.3, 0.4) is 0 Å². The largest absolute Gasteiger partial charge is 0.295 e. The highest BCUT2D eigenvalue weighted by Gasteiger charge is 2.42. The predicted molar refractivity (Wildman–Crippen MR) is 74.7 cm³/mol. The SMILES string of the molecule is CC(=O)c1ccc2c(c1)C1=CC(C)C1CC2(C)C. The lowest BCUT2D eigenvalue weighted by Crippen LogP contribution is -2.36. The highest BCUT2D eigenvalue weighted by molar-refractivity contribution is 5.95. The van der Waals surface area contributed by atoms with Crippen molar-refractivity contribution in [2.24, 2.45) is 11.8 Å². The molecule has 0 amide bonds. The number of ketones is 1. The lowest BCUT2D eigenvalue weighted by Gasteiger charge is -2.46. The van der Waals surface area contributed by atoms with Gasteiger partial charge < -0.3 is 0 Å². The number of Topliss-reactive ketones (excluding diaryl/α,β-unsaturated/α-hetero) is 1. The summed E-state index contributed by atoms with van der Waals surface area (Å²) in [5.74, 6) is 1.54. The zero-order valence-electron chi connectivity index (χ0n) is 11.6. The van der Waals surface area contributed by atoms with Crippen molar-refractivity contribution in [3.8, 4) is 0 Å². The van der Waals surface area contributed by atoms with Crippen LogP contribution in [0.5, 0.6) is 0 Å². The van der Waals surface area contributed by atoms with E-state index in [1.54, 1.807) is 6.92 Å². The molecule has 1 nitrogen and oxygen atoms in total. The molecule has 18 heavy (non-hydrogen) atoms. The highest BCUT2D eigenvalue weighted by Crippen LogP contribution is 2.53. The van der Waals surface area contributed by atoms with Crippen molar-refractivity contribution in [1.82, 2.24) is 0 Å². The second kappa shape index (κ2) is 3.57. The Balaban J connectivity index is 2.20. The third-order valence-electron chi connectivity index (χ3n) is 4.67. The first-order valence-corrected chi connectivity index (χ1v) is 6.78. The summed E-state index contributed by atoms with van der Waals surface area (Å²) in [6.45, 7) is 8.58. The molecule has 1 aromatic carbocycles. The Bertz CT molecular complexity index is 563. The minimum absolute atomic E-state index is 0.158. The lowest BCUT2D eigenvalue weighted by atomic mass is 9.58. The molecule has 0 aromatic heterocycles. The lowest BCUT2D eigenvalue weighted by molar-refractivity contribution is 0.101. The molecule has 2 atom stereocenters. The molecule has 1 heteroatoms. The molecule has 2 aliphatic rings. The van der Waals surface area contributed by atoms with Crippen molar-refractivity contribution < 1.29 is 4.79 Å². The molecule has 94 valence electrons. The number of benzene rings is 1. The third-order valence-corrected chi connectivity index (χ3v) is 4.67. The average Bonchev–Trinajstić information content (AvgIpc) is 2.31. The van der Waals surface area contributed by atoms with Gasteiger partial charge in [0.15, 0.2) is 5.78 Å². The van der Waals surface area contributed by atoms with E-state index >= 15 is 0 Å². The molecular weight excluding hydrogens is 220 g/mol. The number of hydrogen-bond donors (Lipinski definition) is 0. The first-order chi connectivity index (χ1) is 8.40. The van der Waals surface area contributed by atoms with Crippen molar-refractivity contribution >= 4 is 11.4 Å². The van der Waals surface area contributed by atoms with Crippen LogP contribution in [-0.2, 0) is 5.41 Å². The normalized spacial score (nSPS) is 27.7. The molecule has 0 bridgehead atoms. The van der Waals surface area contributed by atoms with E-state index < -0.39 is 0 Å². The molecule has 2 aliphatic carbocycles. The quantitative estimate of drug-likeness (QED) is 0.672. The van der Waals surface area contributed by atoms with Crippen LogP contribution >= 0.6 is 0 Å². The van der Waals surface area contributed by atoms with Crippen LogP contribution in [0.4, 0.5) is 0 Å². The molecule has 0 aliphatic heterocycles. The Morgan fingerprint density at radius 2 is 2.06 bits per heavy atom. The van der Waals surface area contributed by atoms with E-state index in [0.717, 1.165) is 5.56 Å². The van der Waals surface area contributed by atoms with Crippen LogP contribution in [0.1, 0.15) is 55.6 Å². The molecule has 0 heterocycles. The monoisotopic (exact) mass is 240 g/mol.